The van der Waals surface area contributed by atoms with E-state index in [9.17, 15) is 4.79 Å². The summed E-state index contributed by atoms with van der Waals surface area (Å²) in [5, 5.41) is 4.97. The first-order valence-corrected chi connectivity index (χ1v) is 9.90. The fourth-order valence-corrected chi connectivity index (χ4v) is 4.83. The van der Waals surface area contributed by atoms with E-state index >= 15 is 0 Å². The van der Waals surface area contributed by atoms with Crippen molar-refractivity contribution in [1.82, 2.24) is 10.3 Å². The molecule has 1 saturated heterocycles. The van der Waals surface area contributed by atoms with E-state index in [-0.39, 0.29) is 11.8 Å². The number of aryl methyl sites for hydroxylation is 1. The number of hydrogen-bond acceptors (Lipinski definition) is 4. The van der Waals surface area contributed by atoms with Gasteiger partial charge in [0.15, 0.2) is 5.13 Å². The van der Waals surface area contributed by atoms with Gasteiger partial charge in [-0.25, -0.2) is 4.98 Å². The van der Waals surface area contributed by atoms with Gasteiger partial charge in [-0.05, 0) is 69.3 Å². The zero-order chi connectivity index (χ0) is 16.7. The van der Waals surface area contributed by atoms with E-state index in [1.165, 1.54) is 0 Å². The van der Waals surface area contributed by atoms with Crippen LogP contribution in [0.5, 0.6) is 0 Å². The molecule has 2 heterocycles. The summed E-state index contributed by atoms with van der Waals surface area (Å²) in [5.41, 5.74) is 2.04. The zero-order valence-electron chi connectivity index (χ0n) is 13.8. The van der Waals surface area contributed by atoms with Gasteiger partial charge in [0.25, 0.3) is 0 Å². The van der Waals surface area contributed by atoms with Crippen molar-refractivity contribution in [2.24, 2.45) is 11.8 Å². The molecule has 2 aliphatic rings. The Kier molecular flexibility index (Phi) is 4.50. The van der Waals surface area contributed by atoms with E-state index in [0.717, 1.165) is 71.3 Å². The van der Waals surface area contributed by atoms with Gasteiger partial charge in [-0.3, -0.25) is 9.69 Å². The largest absolute Gasteiger partial charge is 0.317 e. The molecule has 2 fully saturated rings. The lowest BCUT2D eigenvalue weighted by atomic mass is 9.97. The molecule has 0 radical (unpaired) electrons. The Morgan fingerprint density at radius 1 is 1.33 bits per heavy atom. The number of piperidine rings is 1. The van der Waals surface area contributed by atoms with E-state index in [0.29, 0.717) is 5.92 Å². The van der Waals surface area contributed by atoms with Crippen LogP contribution in [-0.4, -0.2) is 30.5 Å². The van der Waals surface area contributed by atoms with Gasteiger partial charge in [0, 0.05) is 17.5 Å². The topological polar surface area (TPSA) is 45.2 Å². The Morgan fingerprint density at radius 2 is 2.08 bits per heavy atom. The summed E-state index contributed by atoms with van der Waals surface area (Å²) in [4.78, 5) is 19.6. The third-order valence-electron chi connectivity index (χ3n) is 4.96. The maximum Gasteiger partial charge on any atom is 0.231 e. The molecule has 1 aromatic carbocycles. The van der Waals surface area contributed by atoms with Gasteiger partial charge in [0.2, 0.25) is 5.91 Å². The number of anilines is 1. The Hall–Kier alpha value is -1.17. The summed E-state index contributed by atoms with van der Waals surface area (Å²) >= 11 is 7.77. The summed E-state index contributed by atoms with van der Waals surface area (Å²) in [6.45, 7) is 4.91. The van der Waals surface area contributed by atoms with Gasteiger partial charge in [0.1, 0.15) is 0 Å². The first kappa shape index (κ1) is 16.3. The molecule has 1 aliphatic carbocycles. The minimum Gasteiger partial charge on any atom is -0.317 e. The molecule has 0 atom stereocenters. The molecule has 0 unspecified atom stereocenters. The Morgan fingerprint density at radius 3 is 2.79 bits per heavy atom. The van der Waals surface area contributed by atoms with Crippen LogP contribution in [0.1, 0.15) is 31.2 Å². The number of nitrogens with zero attached hydrogens (tertiary/aromatic N) is 2. The van der Waals surface area contributed by atoms with Crippen molar-refractivity contribution >= 4 is 44.2 Å². The maximum absolute atomic E-state index is 12.9. The highest BCUT2D eigenvalue weighted by Crippen LogP contribution is 2.38. The van der Waals surface area contributed by atoms with Crippen LogP contribution in [-0.2, 0) is 4.79 Å². The molecule has 2 aromatic rings. The monoisotopic (exact) mass is 363 g/mol. The van der Waals surface area contributed by atoms with Crippen LogP contribution in [0.4, 0.5) is 5.13 Å². The number of hydrogen-bond donors (Lipinski definition) is 1. The highest BCUT2D eigenvalue weighted by Gasteiger charge is 2.36. The average Bonchev–Trinajstić information content (AvgIpc) is 3.33. The first-order chi connectivity index (χ1) is 11.6. The normalized spacial score (nSPS) is 18.9. The van der Waals surface area contributed by atoms with Crippen molar-refractivity contribution in [3.63, 3.8) is 0 Å². The van der Waals surface area contributed by atoms with Crippen LogP contribution in [0, 0.1) is 18.8 Å². The molecule has 1 aliphatic heterocycles. The lowest BCUT2D eigenvalue weighted by molar-refractivity contribution is -0.119. The van der Waals surface area contributed by atoms with E-state index in [1.807, 2.05) is 24.0 Å². The standard InChI is InChI=1S/C18H22ClN3OS/c1-11-8-14(19)9-15-16(11)21-18(24-15)22(17(23)13-2-3-13)10-12-4-6-20-7-5-12/h8-9,12-13,20H,2-7,10H2,1H3. The lowest BCUT2D eigenvalue weighted by Gasteiger charge is -2.28. The molecule has 4 nitrogen and oxygen atoms in total. The molecule has 24 heavy (non-hydrogen) atoms. The quantitative estimate of drug-likeness (QED) is 0.892. The van der Waals surface area contributed by atoms with Crippen LogP contribution in [0.3, 0.4) is 0 Å². The fourth-order valence-electron chi connectivity index (χ4n) is 3.39. The summed E-state index contributed by atoms with van der Waals surface area (Å²) in [6, 6.07) is 3.89. The number of amides is 1. The van der Waals surface area contributed by atoms with Crippen molar-refractivity contribution in [2.45, 2.75) is 32.6 Å². The molecule has 0 bridgehead atoms. The van der Waals surface area contributed by atoms with Gasteiger partial charge in [-0.1, -0.05) is 22.9 Å². The highest BCUT2D eigenvalue weighted by atomic mass is 35.5. The summed E-state index contributed by atoms with van der Waals surface area (Å²) in [6.07, 6.45) is 4.31. The number of carbonyl (C=O) groups excluding carboxylic acids is 1. The Labute approximate surface area is 151 Å². The molecule has 128 valence electrons. The van der Waals surface area contributed by atoms with Crippen molar-refractivity contribution in [3.05, 3.63) is 22.7 Å². The van der Waals surface area contributed by atoms with E-state index in [2.05, 4.69) is 5.32 Å². The molecular formula is C18H22ClN3OS. The van der Waals surface area contributed by atoms with E-state index < -0.39 is 0 Å². The number of rotatable bonds is 4. The third-order valence-corrected chi connectivity index (χ3v) is 6.21. The SMILES string of the molecule is Cc1cc(Cl)cc2sc(N(CC3CCNCC3)C(=O)C3CC3)nc12. The number of halogens is 1. The second kappa shape index (κ2) is 6.62. The number of thiazole rings is 1. The molecular weight excluding hydrogens is 342 g/mol. The van der Waals surface area contributed by atoms with E-state index in [1.54, 1.807) is 11.3 Å². The first-order valence-electron chi connectivity index (χ1n) is 8.70. The minimum absolute atomic E-state index is 0.211. The van der Waals surface area contributed by atoms with Crippen LogP contribution in [0.25, 0.3) is 10.2 Å². The van der Waals surface area contributed by atoms with Crippen molar-refractivity contribution < 1.29 is 4.79 Å². The predicted octanol–water partition coefficient (Wildman–Crippen LogP) is 4.00. The predicted molar refractivity (Wildman–Crippen MR) is 100 cm³/mol. The number of benzene rings is 1. The van der Waals surface area contributed by atoms with Gasteiger partial charge in [-0.2, -0.15) is 0 Å². The van der Waals surface area contributed by atoms with Crippen LogP contribution in [0.2, 0.25) is 5.02 Å². The van der Waals surface area contributed by atoms with Crippen LogP contribution >= 0.6 is 22.9 Å². The van der Waals surface area contributed by atoms with Gasteiger partial charge < -0.3 is 5.32 Å². The van der Waals surface area contributed by atoms with Crippen molar-refractivity contribution in [3.8, 4) is 0 Å². The molecule has 0 spiro atoms. The number of nitrogens with one attached hydrogen (secondary N) is 1. The molecule has 1 amide bonds. The smallest absolute Gasteiger partial charge is 0.231 e. The number of carbonyl (C=O) groups is 1. The highest BCUT2D eigenvalue weighted by molar-refractivity contribution is 7.22. The number of fused-ring (bicyclic) bond motifs is 1. The van der Waals surface area contributed by atoms with Gasteiger partial charge in [-0.15, -0.1) is 0 Å². The average molecular weight is 364 g/mol. The van der Waals surface area contributed by atoms with Gasteiger partial charge in [0.05, 0.1) is 10.2 Å². The molecule has 1 saturated carbocycles. The summed E-state index contributed by atoms with van der Waals surface area (Å²) < 4.78 is 1.06. The zero-order valence-corrected chi connectivity index (χ0v) is 15.4. The Balaban J connectivity index is 1.66. The second-order valence-electron chi connectivity index (χ2n) is 6.98. The third kappa shape index (κ3) is 3.30. The van der Waals surface area contributed by atoms with E-state index in [4.69, 9.17) is 16.6 Å². The van der Waals surface area contributed by atoms with Crippen LogP contribution < -0.4 is 10.2 Å². The number of aromatic nitrogens is 1. The maximum atomic E-state index is 12.9. The summed E-state index contributed by atoms with van der Waals surface area (Å²) in [7, 11) is 0. The lowest BCUT2D eigenvalue weighted by Crippen LogP contribution is -2.40. The molecule has 1 aromatic heterocycles. The molecule has 1 N–H and O–H groups in total. The summed E-state index contributed by atoms with van der Waals surface area (Å²) in [5.74, 6) is 1.03. The molecule has 6 heteroatoms. The van der Waals surface area contributed by atoms with Gasteiger partial charge >= 0.3 is 0 Å². The second-order valence-corrected chi connectivity index (χ2v) is 8.43. The fraction of sp³-hybridized carbons (Fsp3) is 0.556. The van der Waals surface area contributed by atoms with Crippen molar-refractivity contribution in [2.75, 3.05) is 24.5 Å². The minimum atomic E-state index is 0.211. The van der Waals surface area contributed by atoms with Crippen molar-refractivity contribution in [1.29, 1.82) is 0 Å². The Bertz CT molecular complexity index is 765. The van der Waals surface area contributed by atoms with Crippen LogP contribution in [0.15, 0.2) is 12.1 Å². The molecule has 4 rings (SSSR count).